The Morgan fingerprint density at radius 2 is 2.29 bits per heavy atom. The van der Waals surface area contributed by atoms with Gasteiger partial charge in [0, 0.05) is 17.3 Å². The molecule has 14 heavy (non-hydrogen) atoms. The Bertz CT molecular complexity index is 342. The van der Waals surface area contributed by atoms with E-state index in [1.807, 2.05) is 18.2 Å². The first-order chi connectivity index (χ1) is 6.83. The third kappa shape index (κ3) is 1.95. The molecule has 0 aliphatic heterocycles. The number of aryl methyl sites for hydroxylation is 1. The van der Waals surface area contributed by atoms with E-state index in [0.29, 0.717) is 6.04 Å². The van der Waals surface area contributed by atoms with E-state index in [2.05, 4.69) is 12.2 Å². The smallest absolute Gasteiger partial charge is 0.150 e. The molecule has 2 nitrogen and oxygen atoms in total. The summed E-state index contributed by atoms with van der Waals surface area (Å²) in [6, 6.07) is 6.53. The lowest BCUT2D eigenvalue weighted by atomic mass is 10.1. The van der Waals surface area contributed by atoms with Crippen LogP contribution in [-0.2, 0) is 6.42 Å². The average molecular weight is 189 g/mol. The number of anilines is 1. The molecule has 2 heteroatoms. The quantitative estimate of drug-likeness (QED) is 0.738. The summed E-state index contributed by atoms with van der Waals surface area (Å²) in [5, 5.41) is 3.47. The molecule has 1 aromatic rings. The first kappa shape index (κ1) is 9.25. The molecule has 1 aromatic carbocycles. The maximum Gasteiger partial charge on any atom is 0.150 e. The summed E-state index contributed by atoms with van der Waals surface area (Å²) in [6.45, 7) is 2.11. The number of hydrogen-bond donors (Lipinski definition) is 1. The summed E-state index contributed by atoms with van der Waals surface area (Å²) in [4.78, 5) is 10.6. The van der Waals surface area contributed by atoms with Gasteiger partial charge in [-0.05, 0) is 43.0 Å². The van der Waals surface area contributed by atoms with Crippen LogP contribution in [0, 0.1) is 0 Å². The zero-order valence-corrected chi connectivity index (χ0v) is 8.42. The minimum atomic E-state index is 0.669. The molecule has 0 spiro atoms. The topological polar surface area (TPSA) is 29.1 Å². The molecule has 0 radical (unpaired) electrons. The highest BCUT2D eigenvalue weighted by Gasteiger charge is 2.21. The van der Waals surface area contributed by atoms with Gasteiger partial charge in [0.05, 0.1) is 0 Å². The van der Waals surface area contributed by atoms with Crippen molar-refractivity contribution in [1.82, 2.24) is 0 Å². The second-order valence-corrected chi connectivity index (χ2v) is 3.81. The van der Waals surface area contributed by atoms with E-state index < -0.39 is 0 Å². The van der Waals surface area contributed by atoms with Gasteiger partial charge in [-0.2, -0.15) is 0 Å². The van der Waals surface area contributed by atoms with E-state index in [4.69, 9.17) is 0 Å². The van der Waals surface area contributed by atoms with Gasteiger partial charge in [0.1, 0.15) is 6.29 Å². The molecule has 2 rings (SSSR count). The van der Waals surface area contributed by atoms with Crippen molar-refractivity contribution in [2.45, 2.75) is 32.2 Å². The molecule has 0 heterocycles. The van der Waals surface area contributed by atoms with Crippen LogP contribution in [0.15, 0.2) is 18.2 Å². The van der Waals surface area contributed by atoms with Crippen LogP contribution in [0.4, 0.5) is 5.69 Å². The van der Waals surface area contributed by atoms with E-state index >= 15 is 0 Å². The van der Waals surface area contributed by atoms with E-state index in [1.165, 1.54) is 24.1 Å². The minimum Gasteiger partial charge on any atom is -0.382 e. The number of carbonyl (C=O) groups excluding carboxylic acids is 1. The second-order valence-electron chi connectivity index (χ2n) is 3.81. The number of rotatable bonds is 4. The Labute approximate surface area is 84.3 Å². The number of hydrogen-bond acceptors (Lipinski definition) is 2. The number of aldehydes is 1. The predicted octanol–water partition coefficient (Wildman–Crippen LogP) is 2.64. The Morgan fingerprint density at radius 3 is 2.86 bits per heavy atom. The lowest BCUT2D eigenvalue weighted by Crippen LogP contribution is -2.04. The van der Waals surface area contributed by atoms with E-state index in [0.717, 1.165) is 18.3 Å². The molecular formula is C12H15NO. The number of benzene rings is 1. The molecule has 0 saturated heterocycles. The normalized spacial score (nSPS) is 15.2. The van der Waals surface area contributed by atoms with Crippen molar-refractivity contribution in [3.63, 3.8) is 0 Å². The Hall–Kier alpha value is -1.31. The highest BCUT2D eigenvalue weighted by Crippen LogP contribution is 2.27. The zero-order chi connectivity index (χ0) is 9.97. The van der Waals surface area contributed by atoms with Crippen LogP contribution in [0.3, 0.4) is 0 Å². The average Bonchev–Trinajstić information content (AvgIpc) is 3.02. The molecule has 1 fully saturated rings. The summed E-state index contributed by atoms with van der Waals surface area (Å²) in [5.74, 6) is 0. The van der Waals surface area contributed by atoms with Crippen molar-refractivity contribution in [3.05, 3.63) is 29.3 Å². The van der Waals surface area contributed by atoms with Gasteiger partial charge >= 0.3 is 0 Å². The van der Waals surface area contributed by atoms with Crippen LogP contribution in [-0.4, -0.2) is 12.3 Å². The fraction of sp³-hybridized carbons (Fsp3) is 0.417. The van der Waals surface area contributed by atoms with Crippen molar-refractivity contribution in [2.75, 3.05) is 5.32 Å². The highest BCUT2D eigenvalue weighted by molar-refractivity contribution is 5.77. The summed E-state index contributed by atoms with van der Waals surface area (Å²) >= 11 is 0. The van der Waals surface area contributed by atoms with Crippen LogP contribution in [0.25, 0.3) is 0 Å². The highest BCUT2D eigenvalue weighted by atomic mass is 16.1. The van der Waals surface area contributed by atoms with Crippen LogP contribution >= 0.6 is 0 Å². The number of carbonyl (C=O) groups is 1. The van der Waals surface area contributed by atoms with Crippen LogP contribution in [0.5, 0.6) is 0 Å². The fourth-order valence-corrected chi connectivity index (χ4v) is 1.57. The molecule has 0 atom stereocenters. The first-order valence-electron chi connectivity index (χ1n) is 5.18. The zero-order valence-electron chi connectivity index (χ0n) is 8.42. The largest absolute Gasteiger partial charge is 0.382 e. The Balaban J connectivity index is 2.23. The van der Waals surface area contributed by atoms with E-state index in [1.54, 1.807) is 0 Å². The molecule has 1 aliphatic rings. The van der Waals surface area contributed by atoms with Crippen LogP contribution in [0.2, 0.25) is 0 Å². The summed E-state index contributed by atoms with van der Waals surface area (Å²) in [7, 11) is 0. The molecule has 1 saturated carbocycles. The standard InChI is InChI=1S/C12H15NO/c1-2-10-7-9(8-14)3-6-12(10)13-11-4-5-11/h3,6-8,11,13H,2,4-5H2,1H3. The van der Waals surface area contributed by atoms with E-state index in [9.17, 15) is 4.79 Å². The third-order valence-corrected chi connectivity index (χ3v) is 2.58. The van der Waals surface area contributed by atoms with Gasteiger partial charge in [-0.15, -0.1) is 0 Å². The molecule has 0 aromatic heterocycles. The third-order valence-electron chi connectivity index (χ3n) is 2.58. The number of nitrogens with one attached hydrogen (secondary N) is 1. The predicted molar refractivity (Wildman–Crippen MR) is 57.9 cm³/mol. The molecule has 0 unspecified atom stereocenters. The Morgan fingerprint density at radius 1 is 1.50 bits per heavy atom. The molecule has 1 N–H and O–H groups in total. The van der Waals surface area contributed by atoms with Crippen LogP contribution in [0.1, 0.15) is 35.7 Å². The van der Waals surface area contributed by atoms with Crippen LogP contribution < -0.4 is 5.32 Å². The molecule has 0 bridgehead atoms. The monoisotopic (exact) mass is 189 g/mol. The maximum absolute atomic E-state index is 10.6. The summed E-state index contributed by atoms with van der Waals surface area (Å²) < 4.78 is 0. The van der Waals surface area contributed by atoms with E-state index in [-0.39, 0.29) is 0 Å². The Kier molecular flexibility index (Phi) is 2.53. The van der Waals surface area contributed by atoms with Gasteiger partial charge in [0.15, 0.2) is 0 Å². The fourth-order valence-electron chi connectivity index (χ4n) is 1.57. The molecule has 1 aliphatic carbocycles. The minimum absolute atomic E-state index is 0.669. The van der Waals surface area contributed by atoms with Gasteiger partial charge in [0.2, 0.25) is 0 Å². The summed E-state index contributed by atoms with van der Waals surface area (Å²) in [6.07, 6.45) is 4.42. The van der Waals surface area contributed by atoms with Gasteiger partial charge in [-0.1, -0.05) is 6.92 Å². The SMILES string of the molecule is CCc1cc(C=O)ccc1NC1CC1. The van der Waals surface area contributed by atoms with Gasteiger partial charge in [-0.25, -0.2) is 0 Å². The maximum atomic E-state index is 10.6. The van der Waals surface area contributed by atoms with Gasteiger partial charge in [0.25, 0.3) is 0 Å². The summed E-state index contributed by atoms with van der Waals surface area (Å²) in [5.41, 5.74) is 3.20. The van der Waals surface area contributed by atoms with Crippen molar-refractivity contribution in [2.24, 2.45) is 0 Å². The molecular weight excluding hydrogens is 174 g/mol. The first-order valence-corrected chi connectivity index (χ1v) is 5.18. The molecule has 0 amide bonds. The van der Waals surface area contributed by atoms with Crippen molar-refractivity contribution in [1.29, 1.82) is 0 Å². The van der Waals surface area contributed by atoms with Gasteiger partial charge < -0.3 is 5.32 Å². The van der Waals surface area contributed by atoms with Gasteiger partial charge in [-0.3, -0.25) is 4.79 Å². The molecule has 74 valence electrons. The lowest BCUT2D eigenvalue weighted by Gasteiger charge is -2.10. The lowest BCUT2D eigenvalue weighted by molar-refractivity contribution is 0.112. The van der Waals surface area contributed by atoms with Crippen molar-refractivity contribution >= 4 is 12.0 Å². The van der Waals surface area contributed by atoms with Crippen molar-refractivity contribution < 1.29 is 4.79 Å². The second kappa shape index (κ2) is 3.82. The van der Waals surface area contributed by atoms with Crippen molar-refractivity contribution in [3.8, 4) is 0 Å².